The Morgan fingerprint density at radius 1 is 1.08 bits per heavy atom. The lowest BCUT2D eigenvalue weighted by molar-refractivity contribution is -0.150. The molecule has 1 fully saturated rings. The van der Waals surface area contributed by atoms with Crippen LogP contribution in [0.2, 0.25) is 0 Å². The van der Waals surface area contributed by atoms with Crippen LogP contribution in [-0.2, 0) is 16.0 Å². The van der Waals surface area contributed by atoms with E-state index in [1.54, 1.807) is 0 Å². The fourth-order valence-corrected chi connectivity index (χ4v) is 2.69. The van der Waals surface area contributed by atoms with E-state index in [0.717, 1.165) is 27.6 Å². The van der Waals surface area contributed by atoms with Crippen molar-refractivity contribution in [3.05, 3.63) is 53.9 Å². The molecule has 0 atom stereocenters. The number of imide groups is 1. The second-order valence-electron chi connectivity index (χ2n) is 5.79. The highest BCUT2D eigenvalue weighted by atomic mass is 19.3. The van der Waals surface area contributed by atoms with E-state index in [4.69, 9.17) is 0 Å². The molecular weight excluding hydrogens is 346 g/mol. The predicted molar refractivity (Wildman–Crippen MR) is 86.2 cm³/mol. The van der Waals surface area contributed by atoms with E-state index >= 15 is 0 Å². The van der Waals surface area contributed by atoms with Crippen LogP contribution in [0.4, 0.5) is 8.78 Å². The Bertz CT molecular complexity index is 804. The van der Waals surface area contributed by atoms with E-state index in [-0.39, 0.29) is 25.3 Å². The van der Waals surface area contributed by atoms with E-state index < -0.39 is 24.3 Å². The normalized spacial score (nSPS) is 15.0. The summed E-state index contributed by atoms with van der Waals surface area (Å²) in [6, 6.07) is 10.5. The lowest BCUT2D eigenvalue weighted by Crippen LogP contribution is -2.56. The van der Waals surface area contributed by atoms with Crippen molar-refractivity contribution in [1.29, 1.82) is 0 Å². The smallest absolute Gasteiger partial charge is 0.319 e. The maximum atomic E-state index is 12.5. The first kappa shape index (κ1) is 17.7. The van der Waals surface area contributed by atoms with Crippen LogP contribution in [0.25, 0.3) is 0 Å². The van der Waals surface area contributed by atoms with Crippen molar-refractivity contribution >= 4 is 17.7 Å². The van der Waals surface area contributed by atoms with E-state index in [0.29, 0.717) is 11.1 Å². The first-order chi connectivity index (χ1) is 12.5. The number of aromatic nitrogens is 2. The van der Waals surface area contributed by atoms with Gasteiger partial charge < -0.3 is 4.90 Å². The van der Waals surface area contributed by atoms with Gasteiger partial charge in [0, 0.05) is 12.7 Å². The third-order valence-electron chi connectivity index (χ3n) is 4.04. The van der Waals surface area contributed by atoms with Gasteiger partial charge in [0.05, 0.1) is 0 Å². The molecule has 3 amide bonds. The molecule has 0 bridgehead atoms. The topological polar surface area (TPSA) is 75.5 Å². The van der Waals surface area contributed by atoms with E-state index in [1.165, 1.54) is 0 Å². The minimum absolute atomic E-state index is 0.226. The van der Waals surface area contributed by atoms with Gasteiger partial charge in [-0.15, -0.1) is 0 Å². The van der Waals surface area contributed by atoms with Crippen LogP contribution in [0.15, 0.2) is 42.6 Å². The number of carbonyl (C=O) groups is 3. The molecule has 2 heterocycles. The predicted octanol–water partition coefficient (Wildman–Crippen LogP) is 1.33. The Kier molecular flexibility index (Phi) is 5.06. The summed E-state index contributed by atoms with van der Waals surface area (Å²) in [6.07, 6.45) is 1.49. The third-order valence-corrected chi connectivity index (χ3v) is 4.04. The Hall–Kier alpha value is -3.10. The summed E-state index contributed by atoms with van der Waals surface area (Å²) in [6.45, 7) is -3.22. The minimum atomic E-state index is -2.87. The van der Waals surface area contributed by atoms with Crippen LogP contribution < -0.4 is 0 Å². The number of carbonyl (C=O) groups excluding carboxylic acids is 3. The van der Waals surface area contributed by atoms with Gasteiger partial charge in [0.1, 0.15) is 13.1 Å². The molecule has 1 aliphatic heterocycles. The van der Waals surface area contributed by atoms with Crippen LogP contribution in [0.5, 0.6) is 0 Å². The number of amides is 3. The van der Waals surface area contributed by atoms with Crippen molar-refractivity contribution in [3.63, 3.8) is 0 Å². The first-order valence-corrected chi connectivity index (χ1v) is 7.95. The summed E-state index contributed by atoms with van der Waals surface area (Å²) in [7, 11) is 0. The van der Waals surface area contributed by atoms with E-state index in [1.807, 2.05) is 30.3 Å². The van der Waals surface area contributed by atoms with Crippen LogP contribution in [0.3, 0.4) is 0 Å². The summed E-state index contributed by atoms with van der Waals surface area (Å²) in [5.41, 5.74) is 0.757. The quantitative estimate of drug-likeness (QED) is 0.752. The molecule has 9 heteroatoms. The molecule has 3 rings (SSSR count). The van der Waals surface area contributed by atoms with E-state index in [9.17, 15) is 23.2 Å². The van der Waals surface area contributed by atoms with Crippen molar-refractivity contribution in [3.8, 4) is 0 Å². The molecule has 0 saturated carbocycles. The molecule has 0 aliphatic carbocycles. The third kappa shape index (κ3) is 3.76. The molecule has 0 spiro atoms. The van der Waals surface area contributed by atoms with Gasteiger partial charge in [0.2, 0.25) is 11.8 Å². The Morgan fingerprint density at radius 2 is 1.73 bits per heavy atom. The van der Waals surface area contributed by atoms with E-state index in [2.05, 4.69) is 5.10 Å². The van der Waals surface area contributed by atoms with Gasteiger partial charge in [-0.1, -0.05) is 30.3 Å². The zero-order valence-corrected chi connectivity index (χ0v) is 13.7. The highest BCUT2D eigenvalue weighted by Crippen LogP contribution is 2.13. The molecule has 1 saturated heterocycles. The van der Waals surface area contributed by atoms with Gasteiger partial charge in [-0.05, 0) is 18.1 Å². The lowest BCUT2D eigenvalue weighted by Gasteiger charge is -2.32. The monoisotopic (exact) mass is 362 g/mol. The van der Waals surface area contributed by atoms with Gasteiger partial charge in [0.25, 0.3) is 5.91 Å². The highest BCUT2D eigenvalue weighted by molar-refractivity contribution is 6.05. The molecule has 2 aromatic rings. The van der Waals surface area contributed by atoms with Gasteiger partial charge in [-0.3, -0.25) is 19.3 Å². The highest BCUT2D eigenvalue weighted by Gasteiger charge is 2.34. The van der Waals surface area contributed by atoms with Gasteiger partial charge in [-0.25, -0.2) is 4.68 Å². The molecule has 136 valence electrons. The van der Waals surface area contributed by atoms with Crippen molar-refractivity contribution < 1.29 is 23.2 Å². The SMILES string of the molecule is O=C(c1ccn(C(F)F)n1)N1CC(=O)N(CCc2ccccc2)C(=O)C1. The number of nitrogens with zero attached hydrogens (tertiary/aromatic N) is 4. The second-order valence-corrected chi connectivity index (χ2v) is 5.79. The summed E-state index contributed by atoms with van der Waals surface area (Å²) in [4.78, 5) is 38.9. The zero-order valence-electron chi connectivity index (χ0n) is 13.7. The standard InChI is InChI=1S/C17H16F2N4O3/c18-17(19)23-9-7-13(20-23)16(26)21-10-14(24)22(15(25)11-21)8-6-12-4-2-1-3-5-12/h1-5,7,9,17H,6,8,10-11H2. The van der Waals surface area contributed by atoms with Crippen LogP contribution >= 0.6 is 0 Å². The van der Waals surface area contributed by atoms with Crippen LogP contribution in [-0.4, -0.2) is 56.9 Å². The lowest BCUT2D eigenvalue weighted by atomic mass is 10.1. The average Bonchev–Trinajstić information content (AvgIpc) is 3.11. The minimum Gasteiger partial charge on any atom is -0.319 e. The van der Waals surface area contributed by atoms with Crippen molar-refractivity contribution in [2.45, 2.75) is 13.0 Å². The largest absolute Gasteiger partial charge is 0.333 e. The summed E-state index contributed by atoms with van der Waals surface area (Å²) < 4.78 is 25.4. The summed E-state index contributed by atoms with van der Waals surface area (Å²) in [5.74, 6) is -1.73. The second kappa shape index (κ2) is 7.42. The Labute approximate surface area is 147 Å². The number of halogens is 2. The molecule has 1 aromatic heterocycles. The zero-order chi connectivity index (χ0) is 18.7. The number of benzene rings is 1. The van der Waals surface area contributed by atoms with Crippen LogP contribution in [0, 0.1) is 0 Å². The average molecular weight is 362 g/mol. The molecule has 0 N–H and O–H groups in total. The van der Waals surface area contributed by atoms with Crippen molar-refractivity contribution in [2.24, 2.45) is 0 Å². The number of piperazine rings is 1. The molecule has 1 aliphatic rings. The first-order valence-electron chi connectivity index (χ1n) is 7.95. The molecular formula is C17H16F2N4O3. The van der Waals surface area contributed by atoms with Gasteiger partial charge in [0.15, 0.2) is 5.69 Å². The maximum absolute atomic E-state index is 12.5. The molecule has 7 nitrogen and oxygen atoms in total. The molecule has 0 radical (unpaired) electrons. The van der Waals surface area contributed by atoms with Crippen LogP contribution in [0.1, 0.15) is 22.6 Å². The summed E-state index contributed by atoms with van der Waals surface area (Å²) in [5, 5.41) is 3.47. The number of rotatable bonds is 5. The Balaban J connectivity index is 1.63. The van der Waals surface area contributed by atoms with Gasteiger partial charge in [-0.2, -0.15) is 13.9 Å². The Morgan fingerprint density at radius 3 is 2.31 bits per heavy atom. The number of alkyl halides is 2. The molecule has 1 aromatic carbocycles. The number of hydrogen-bond donors (Lipinski definition) is 0. The fourth-order valence-electron chi connectivity index (χ4n) is 2.69. The van der Waals surface area contributed by atoms with Crippen molar-refractivity contribution in [1.82, 2.24) is 19.6 Å². The molecule has 26 heavy (non-hydrogen) atoms. The number of hydrogen-bond acceptors (Lipinski definition) is 4. The summed E-state index contributed by atoms with van der Waals surface area (Å²) >= 11 is 0. The maximum Gasteiger partial charge on any atom is 0.333 e. The van der Waals surface area contributed by atoms with Crippen molar-refractivity contribution in [2.75, 3.05) is 19.6 Å². The molecule has 0 unspecified atom stereocenters. The fraction of sp³-hybridized carbons (Fsp3) is 0.294. The van der Waals surface area contributed by atoms with Gasteiger partial charge >= 0.3 is 6.55 Å².